The standard InChI is InChI=1S/C18H32N2O3/c1-12(21)15(19-16(22)13-7-8-13)17(23)20-10-5-6-14(9-11-20)18(2,3)4/h12-15,21H,5-11H2,1-4H3,(H,19,22). The van der Waals surface area contributed by atoms with Crippen molar-refractivity contribution in [3.8, 4) is 0 Å². The van der Waals surface area contributed by atoms with Crippen LogP contribution >= 0.6 is 0 Å². The Morgan fingerprint density at radius 1 is 1.13 bits per heavy atom. The third-order valence-electron chi connectivity index (χ3n) is 5.26. The van der Waals surface area contributed by atoms with Gasteiger partial charge in [-0.3, -0.25) is 9.59 Å². The predicted molar refractivity (Wildman–Crippen MR) is 89.7 cm³/mol. The van der Waals surface area contributed by atoms with Crippen LogP contribution in [0.4, 0.5) is 0 Å². The fourth-order valence-corrected chi connectivity index (χ4v) is 3.38. The van der Waals surface area contributed by atoms with E-state index in [4.69, 9.17) is 0 Å². The fourth-order valence-electron chi connectivity index (χ4n) is 3.38. The third kappa shape index (κ3) is 4.93. The zero-order valence-electron chi connectivity index (χ0n) is 15.0. The van der Waals surface area contributed by atoms with Crippen molar-refractivity contribution in [1.29, 1.82) is 0 Å². The van der Waals surface area contributed by atoms with Crippen LogP contribution < -0.4 is 5.32 Å². The molecule has 1 aliphatic heterocycles. The second-order valence-corrected chi connectivity index (χ2v) is 8.32. The van der Waals surface area contributed by atoms with Gasteiger partial charge in [-0.15, -0.1) is 0 Å². The van der Waals surface area contributed by atoms with Crippen LogP contribution in [-0.4, -0.2) is 47.1 Å². The summed E-state index contributed by atoms with van der Waals surface area (Å²) in [5.41, 5.74) is 0.253. The summed E-state index contributed by atoms with van der Waals surface area (Å²) >= 11 is 0. The summed E-state index contributed by atoms with van der Waals surface area (Å²) in [7, 11) is 0. The van der Waals surface area contributed by atoms with Crippen LogP contribution in [0.25, 0.3) is 0 Å². The number of carbonyl (C=O) groups excluding carboxylic acids is 2. The fraction of sp³-hybridized carbons (Fsp3) is 0.889. The van der Waals surface area contributed by atoms with Gasteiger partial charge in [0.05, 0.1) is 6.10 Å². The number of nitrogens with zero attached hydrogens (tertiary/aromatic N) is 1. The highest BCUT2D eigenvalue weighted by Gasteiger charge is 2.36. The molecule has 0 spiro atoms. The average Bonchev–Trinajstić information content (AvgIpc) is 3.27. The second kappa shape index (κ2) is 7.20. The van der Waals surface area contributed by atoms with E-state index < -0.39 is 12.1 Å². The van der Waals surface area contributed by atoms with Gasteiger partial charge in [0.1, 0.15) is 6.04 Å². The van der Waals surface area contributed by atoms with Crippen molar-refractivity contribution in [2.24, 2.45) is 17.3 Å². The lowest BCUT2D eigenvalue weighted by Crippen LogP contribution is -2.54. The van der Waals surface area contributed by atoms with Gasteiger partial charge >= 0.3 is 0 Å². The molecule has 2 N–H and O–H groups in total. The normalized spacial score (nSPS) is 25.4. The van der Waals surface area contributed by atoms with Gasteiger partial charge in [0.15, 0.2) is 0 Å². The van der Waals surface area contributed by atoms with Crippen molar-refractivity contribution in [2.45, 2.75) is 71.9 Å². The van der Waals surface area contributed by atoms with E-state index in [2.05, 4.69) is 26.1 Å². The summed E-state index contributed by atoms with van der Waals surface area (Å²) in [4.78, 5) is 26.6. The minimum atomic E-state index is -0.869. The SMILES string of the molecule is CC(O)C(NC(=O)C1CC1)C(=O)N1CCCC(C(C)(C)C)CC1. The number of likely N-dealkylation sites (tertiary alicyclic amines) is 1. The van der Waals surface area contributed by atoms with Gasteiger partial charge in [-0.05, 0) is 50.4 Å². The molecule has 1 saturated heterocycles. The zero-order valence-corrected chi connectivity index (χ0v) is 15.0. The molecular formula is C18H32N2O3. The summed E-state index contributed by atoms with van der Waals surface area (Å²) < 4.78 is 0. The molecule has 0 aromatic heterocycles. The van der Waals surface area contributed by atoms with E-state index in [1.165, 1.54) is 0 Å². The molecule has 0 radical (unpaired) electrons. The van der Waals surface area contributed by atoms with Crippen molar-refractivity contribution in [1.82, 2.24) is 10.2 Å². The number of nitrogens with one attached hydrogen (secondary N) is 1. The van der Waals surface area contributed by atoms with Gasteiger partial charge in [-0.25, -0.2) is 0 Å². The minimum Gasteiger partial charge on any atom is -0.391 e. The van der Waals surface area contributed by atoms with E-state index in [0.717, 1.165) is 32.1 Å². The Kier molecular flexibility index (Phi) is 5.71. The third-order valence-corrected chi connectivity index (χ3v) is 5.26. The summed E-state index contributed by atoms with van der Waals surface area (Å²) in [6.07, 6.45) is 4.01. The first kappa shape index (κ1) is 18.2. The van der Waals surface area contributed by atoms with Crippen LogP contribution in [0.2, 0.25) is 0 Å². The van der Waals surface area contributed by atoms with Crippen LogP contribution in [-0.2, 0) is 9.59 Å². The number of rotatable bonds is 4. The number of aliphatic hydroxyl groups is 1. The maximum atomic E-state index is 12.8. The zero-order chi connectivity index (χ0) is 17.2. The summed E-state index contributed by atoms with van der Waals surface area (Å²) in [6.45, 7) is 9.76. The Morgan fingerprint density at radius 2 is 1.78 bits per heavy atom. The maximum Gasteiger partial charge on any atom is 0.247 e. The molecule has 0 aromatic carbocycles. The molecule has 2 fully saturated rings. The molecule has 2 rings (SSSR count). The predicted octanol–water partition coefficient (Wildman–Crippen LogP) is 1.94. The van der Waals surface area contributed by atoms with Crippen LogP contribution in [0, 0.1) is 17.3 Å². The molecule has 5 heteroatoms. The van der Waals surface area contributed by atoms with E-state index >= 15 is 0 Å². The number of carbonyl (C=O) groups is 2. The van der Waals surface area contributed by atoms with Crippen molar-refractivity contribution in [3.05, 3.63) is 0 Å². The van der Waals surface area contributed by atoms with Crippen LogP contribution in [0.5, 0.6) is 0 Å². The summed E-state index contributed by atoms with van der Waals surface area (Å²) in [6, 6.07) is -0.811. The van der Waals surface area contributed by atoms with E-state index in [1.54, 1.807) is 6.92 Å². The van der Waals surface area contributed by atoms with Crippen molar-refractivity contribution in [2.75, 3.05) is 13.1 Å². The summed E-state index contributed by atoms with van der Waals surface area (Å²) in [5, 5.41) is 12.7. The lowest BCUT2D eigenvalue weighted by Gasteiger charge is -2.31. The monoisotopic (exact) mass is 324 g/mol. The van der Waals surface area contributed by atoms with Gasteiger partial charge in [-0.1, -0.05) is 20.8 Å². The van der Waals surface area contributed by atoms with Crippen molar-refractivity contribution >= 4 is 11.8 Å². The topological polar surface area (TPSA) is 69.6 Å². The Labute approximate surface area is 139 Å². The number of aliphatic hydroxyl groups excluding tert-OH is 1. The smallest absolute Gasteiger partial charge is 0.247 e. The average molecular weight is 324 g/mol. The lowest BCUT2D eigenvalue weighted by atomic mass is 9.77. The van der Waals surface area contributed by atoms with Gasteiger partial charge in [-0.2, -0.15) is 0 Å². The van der Waals surface area contributed by atoms with E-state index in [-0.39, 0.29) is 23.1 Å². The lowest BCUT2D eigenvalue weighted by molar-refractivity contribution is -0.139. The molecular weight excluding hydrogens is 292 g/mol. The van der Waals surface area contributed by atoms with Gasteiger partial charge in [0.2, 0.25) is 11.8 Å². The Morgan fingerprint density at radius 3 is 2.30 bits per heavy atom. The van der Waals surface area contributed by atoms with Crippen LogP contribution in [0.15, 0.2) is 0 Å². The first-order valence-electron chi connectivity index (χ1n) is 8.97. The molecule has 3 unspecified atom stereocenters. The number of amides is 2. The molecule has 3 atom stereocenters. The first-order valence-corrected chi connectivity index (χ1v) is 8.97. The number of hydrogen-bond acceptors (Lipinski definition) is 3. The minimum absolute atomic E-state index is 0.0402. The van der Waals surface area contributed by atoms with Crippen molar-refractivity contribution in [3.63, 3.8) is 0 Å². The first-order chi connectivity index (χ1) is 10.7. The largest absolute Gasteiger partial charge is 0.391 e. The Balaban J connectivity index is 1.97. The van der Waals surface area contributed by atoms with E-state index in [1.807, 2.05) is 4.90 Å². The molecule has 5 nitrogen and oxygen atoms in total. The van der Waals surface area contributed by atoms with Crippen molar-refractivity contribution < 1.29 is 14.7 Å². The molecule has 1 aliphatic carbocycles. The van der Waals surface area contributed by atoms with E-state index in [9.17, 15) is 14.7 Å². The summed E-state index contributed by atoms with van der Waals surface area (Å²) in [5.74, 6) is 0.417. The maximum absolute atomic E-state index is 12.8. The highest BCUT2D eigenvalue weighted by Crippen LogP contribution is 2.34. The van der Waals surface area contributed by atoms with Gasteiger partial charge in [0, 0.05) is 19.0 Å². The highest BCUT2D eigenvalue weighted by atomic mass is 16.3. The molecule has 1 heterocycles. The van der Waals surface area contributed by atoms with Gasteiger partial charge < -0.3 is 15.3 Å². The molecule has 2 amide bonds. The number of hydrogen-bond donors (Lipinski definition) is 2. The molecule has 0 bridgehead atoms. The van der Waals surface area contributed by atoms with Crippen LogP contribution in [0.1, 0.15) is 59.8 Å². The molecule has 132 valence electrons. The quantitative estimate of drug-likeness (QED) is 0.830. The van der Waals surface area contributed by atoms with Crippen LogP contribution in [0.3, 0.4) is 0 Å². The molecule has 0 aromatic rings. The van der Waals surface area contributed by atoms with Gasteiger partial charge in [0.25, 0.3) is 0 Å². The highest BCUT2D eigenvalue weighted by molar-refractivity contribution is 5.89. The second-order valence-electron chi connectivity index (χ2n) is 8.32. The molecule has 23 heavy (non-hydrogen) atoms. The Bertz CT molecular complexity index is 438. The molecule has 1 saturated carbocycles. The molecule has 2 aliphatic rings. The Hall–Kier alpha value is -1.10. The van der Waals surface area contributed by atoms with E-state index in [0.29, 0.717) is 19.0 Å².